The van der Waals surface area contributed by atoms with Crippen LogP contribution in [-0.2, 0) is 34.4 Å². The number of ether oxygens (including phenoxy) is 5. The Balaban J connectivity index is 1.34. The van der Waals surface area contributed by atoms with Crippen molar-refractivity contribution in [1.82, 2.24) is 4.98 Å². The third-order valence-electron chi connectivity index (χ3n) is 15.2. The fraction of sp³-hybridized carbons (Fsp3) is 0.750. The summed E-state index contributed by atoms with van der Waals surface area (Å²) in [5, 5.41) is 9.75. The molecule has 0 amide bonds. The van der Waals surface area contributed by atoms with Crippen LogP contribution in [0.4, 0.5) is 0 Å². The van der Waals surface area contributed by atoms with Gasteiger partial charge in [-0.15, -0.1) is 0 Å². The van der Waals surface area contributed by atoms with Crippen LogP contribution in [0.15, 0.2) is 53.2 Å². The maximum absolute atomic E-state index is 9.67. The zero-order chi connectivity index (χ0) is 47.1. The molecule has 0 saturated carbocycles. The van der Waals surface area contributed by atoms with Crippen LogP contribution in [0.5, 0.6) is 5.75 Å². The van der Waals surface area contributed by atoms with Crippen LogP contribution in [-0.4, -0.2) is 89.3 Å². The first-order chi connectivity index (χ1) is 30.1. The SMILES string of the molecule is C=C1C[C@H](C[C@@H]2C[C@@H](O[Si](C(C)C)(C(C)C)C(C)C)C[C@H](c3coc(/C=C/C[C@H]4O[C@@H]([C@@H](C)O[Si](C)(C)C(C)(C)C)[C@H](C)[C@@H](OCc5ccc(OC)cc5)[C@H]4C)n3)O2)O[C@@H](CCO)C1. The molecule has 0 aliphatic carbocycles. The minimum absolute atomic E-state index is 0.0106. The van der Waals surface area contributed by atoms with Crippen molar-refractivity contribution in [3.63, 3.8) is 0 Å². The highest BCUT2D eigenvalue weighted by molar-refractivity contribution is 6.77. The molecule has 64 heavy (non-hydrogen) atoms. The topological polar surface area (TPSA) is 111 Å². The van der Waals surface area contributed by atoms with E-state index < -0.39 is 16.6 Å². The average molecular weight is 926 g/mol. The number of rotatable bonds is 20. The minimum atomic E-state index is -2.18. The molecule has 1 aromatic heterocycles. The number of benzene rings is 1. The van der Waals surface area contributed by atoms with E-state index in [1.54, 1.807) is 13.4 Å². The van der Waals surface area contributed by atoms with E-state index in [2.05, 4.69) is 121 Å². The van der Waals surface area contributed by atoms with Gasteiger partial charge in [-0.05, 0) is 97.6 Å². The van der Waals surface area contributed by atoms with Gasteiger partial charge in [0.15, 0.2) is 8.32 Å². The van der Waals surface area contributed by atoms with Crippen LogP contribution in [0.3, 0.4) is 0 Å². The molecule has 5 rings (SSSR count). The van der Waals surface area contributed by atoms with Crippen molar-refractivity contribution < 1.29 is 42.1 Å². The van der Waals surface area contributed by atoms with E-state index in [9.17, 15) is 5.11 Å². The third kappa shape index (κ3) is 13.1. The second kappa shape index (κ2) is 22.8. The van der Waals surface area contributed by atoms with Gasteiger partial charge in [0, 0.05) is 31.3 Å². The predicted molar refractivity (Wildman–Crippen MR) is 263 cm³/mol. The van der Waals surface area contributed by atoms with Gasteiger partial charge in [0.25, 0.3) is 0 Å². The number of aromatic nitrogens is 1. The smallest absolute Gasteiger partial charge is 0.218 e. The summed E-state index contributed by atoms with van der Waals surface area (Å²) in [7, 11) is -2.55. The van der Waals surface area contributed by atoms with Crippen LogP contribution in [0.2, 0.25) is 34.8 Å². The van der Waals surface area contributed by atoms with Crippen molar-refractivity contribution in [2.45, 2.75) is 224 Å². The number of hydrogen-bond acceptors (Lipinski definition) is 10. The molecule has 0 radical (unpaired) electrons. The predicted octanol–water partition coefficient (Wildman–Crippen LogP) is 12.8. The summed E-state index contributed by atoms with van der Waals surface area (Å²) < 4.78 is 53.2. The largest absolute Gasteiger partial charge is 0.497 e. The Morgan fingerprint density at radius 2 is 1.55 bits per heavy atom. The molecule has 1 aromatic carbocycles. The van der Waals surface area contributed by atoms with Gasteiger partial charge < -0.3 is 42.1 Å². The summed E-state index contributed by atoms with van der Waals surface area (Å²) in [6, 6.07) is 8.11. The van der Waals surface area contributed by atoms with Crippen LogP contribution in [0.25, 0.3) is 6.08 Å². The Labute approximate surface area is 389 Å². The minimum Gasteiger partial charge on any atom is -0.497 e. The quantitative estimate of drug-likeness (QED) is 0.102. The van der Waals surface area contributed by atoms with Gasteiger partial charge in [0.1, 0.15) is 23.8 Å². The van der Waals surface area contributed by atoms with Gasteiger partial charge in [0.05, 0.1) is 62.5 Å². The lowest BCUT2D eigenvalue weighted by atomic mass is 9.80. The van der Waals surface area contributed by atoms with Crippen molar-refractivity contribution >= 4 is 22.7 Å². The Kier molecular flexibility index (Phi) is 18.8. The van der Waals surface area contributed by atoms with E-state index in [0.717, 1.165) is 49.1 Å². The summed E-state index contributed by atoms with van der Waals surface area (Å²) in [5.74, 6) is 1.62. The molecule has 4 heterocycles. The molecular weight excluding hydrogens is 839 g/mol. The number of nitrogens with zero attached hydrogens (tertiary/aromatic N) is 1. The number of aliphatic hydroxyl groups excluding tert-OH is 1. The third-order valence-corrected chi connectivity index (χ3v) is 25.9. The van der Waals surface area contributed by atoms with Crippen molar-refractivity contribution in [2.75, 3.05) is 13.7 Å². The Morgan fingerprint density at radius 1 is 0.891 bits per heavy atom. The molecule has 0 bridgehead atoms. The normalized spacial score (nSPS) is 29.3. The molecule has 3 aliphatic heterocycles. The molecule has 362 valence electrons. The molecule has 10 nitrogen and oxygen atoms in total. The second-order valence-corrected chi connectivity index (χ2v) is 32.0. The summed E-state index contributed by atoms with van der Waals surface area (Å²) >= 11 is 0. The van der Waals surface area contributed by atoms with E-state index in [0.29, 0.717) is 42.0 Å². The Morgan fingerprint density at radius 3 is 2.16 bits per heavy atom. The first kappa shape index (κ1) is 52.8. The van der Waals surface area contributed by atoms with E-state index in [4.69, 9.17) is 41.9 Å². The molecule has 3 saturated heterocycles. The van der Waals surface area contributed by atoms with Crippen LogP contribution in [0, 0.1) is 11.8 Å². The molecular formula is C52H87NO9Si2. The average Bonchev–Trinajstić information content (AvgIpc) is 3.69. The highest BCUT2D eigenvalue weighted by atomic mass is 28.4. The van der Waals surface area contributed by atoms with Crippen molar-refractivity contribution in [3.05, 3.63) is 65.9 Å². The number of oxazole rings is 1. The fourth-order valence-electron chi connectivity index (χ4n) is 10.8. The Hall–Kier alpha value is -2.14. The zero-order valence-corrected chi connectivity index (χ0v) is 44.4. The van der Waals surface area contributed by atoms with E-state index in [1.807, 2.05) is 18.2 Å². The summed E-state index contributed by atoms with van der Waals surface area (Å²) in [6.07, 6.45) is 10.3. The molecule has 12 heteroatoms. The highest BCUT2D eigenvalue weighted by Crippen LogP contribution is 2.47. The van der Waals surface area contributed by atoms with Gasteiger partial charge in [-0.1, -0.05) is 107 Å². The lowest BCUT2D eigenvalue weighted by Gasteiger charge is -2.48. The van der Waals surface area contributed by atoms with Gasteiger partial charge in [0.2, 0.25) is 14.2 Å². The van der Waals surface area contributed by atoms with Crippen molar-refractivity contribution in [3.8, 4) is 5.75 Å². The number of methoxy groups -OCH3 is 1. The van der Waals surface area contributed by atoms with Gasteiger partial charge in [-0.2, -0.15) is 0 Å². The molecule has 11 atom stereocenters. The summed E-state index contributed by atoms with van der Waals surface area (Å²) in [5.41, 5.74) is 4.49. The summed E-state index contributed by atoms with van der Waals surface area (Å²) in [4.78, 5) is 5.02. The summed E-state index contributed by atoms with van der Waals surface area (Å²) in [6.45, 7) is 37.2. The first-order valence-electron chi connectivity index (χ1n) is 24.5. The van der Waals surface area contributed by atoms with E-state index in [1.165, 1.54) is 5.57 Å². The van der Waals surface area contributed by atoms with Crippen molar-refractivity contribution in [2.24, 2.45) is 11.8 Å². The monoisotopic (exact) mass is 926 g/mol. The molecule has 2 aromatic rings. The maximum atomic E-state index is 9.67. The molecule has 3 aliphatic rings. The van der Waals surface area contributed by atoms with Gasteiger partial charge >= 0.3 is 0 Å². The van der Waals surface area contributed by atoms with E-state index in [-0.39, 0.29) is 78.4 Å². The van der Waals surface area contributed by atoms with Crippen LogP contribution >= 0.6 is 0 Å². The molecule has 0 spiro atoms. The van der Waals surface area contributed by atoms with Crippen molar-refractivity contribution in [1.29, 1.82) is 0 Å². The zero-order valence-electron chi connectivity index (χ0n) is 42.4. The van der Waals surface area contributed by atoms with Crippen LogP contribution in [0.1, 0.15) is 151 Å². The number of hydrogen-bond donors (Lipinski definition) is 1. The highest BCUT2D eigenvalue weighted by Gasteiger charge is 2.49. The lowest BCUT2D eigenvalue weighted by molar-refractivity contribution is -0.204. The first-order valence-corrected chi connectivity index (χ1v) is 29.6. The molecule has 3 fully saturated rings. The second-order valence-electron chi connectivity index (χ2n) is 21.9. The number of aliphatic hydroxyl groups is 1. The Bertz CT molecular complexity index is 1750. The molecule has 0 unspecified atom stereocenters. The lowest BCUT2D eigenvalue weighted by Crippen LogP contribution is -2.56. The van der Waals surface area contributed by atoms with Gasteiger partial charge in [-0.3, -0.25) is 0 Å². The van der Waals surface area contributed by atoms with Gasteiger partial charge in [-0.25, -0.2) is 4.98 Å². The fourth-order valence-corrected chi connectivity index (χ4v) is 17.8. The standard InChI is InChI=1S/C52H87NO9Si2/c1-33(2)64(34(3)4,35(5)6)62-45-29-44(28-43-27-36(7)26-42(58-43)24-25-54)59-48(30-45)46-32-56-49(53-46)19-17-18-47-37(8)50(57-31-40-20-22-41(55-14)23-21-40)38(9)51(60-47)39(10)61-63(15,16)52(11,12)13/h17,19-23,32-35,37-39,42-45,47-48,50-51,54H,7,18,24-31H2,1-6,8-16H3/b19-17+/t37-,38+,39+,42-,43+,44+,45+,47+,48+,50-,51+/m0/s1. The van der Waals surface area contributed by atoms with Crippen LogP contribution < -0.4 is 4.74 Å². The van der Waals surface area contributed by atoms with E-state index >= 15 is 0 Å². The molecule has 1 N–H and O–H groups in total. The maximum Gasteiger partial charge on any atom is 0.218 e.